The van der Waals surface area contributed by atoms with Crippen LogP contribution in [-0.2, 0) is 4.79 Å². The van der Waals surface area contributed by atoms with Crippen LogP contribution in [0.25, 0.3) is 0 Å². The normalized spacial score (nSPS) is 35.4. The van der Waals surface area contributed by atoms with Crippen LogP contribution in [0, 0.1) is 0 Å². The molecule has 3 rings (SSSR count). The molecule has 0 radical (unpaired) electrons. The first-order valence-corrected chi connectivity index (χ1v) is 7.33. The minimum Gasteiger partial charge on any atom is -0.302 e. The Bertz CT molecular complexity index is 270. The molecule has 3 heterocycles. The molecule has 0 amide bonds. The second-order valence-electron chi connectivity index (χ2n) is 5.97. The molecular formula is C14H24N2O. The second-order valence-corrected chi connectivity index (χ2v) is 5.97. The fourth-order valence-electron chi connectivity index (χ4n) is 3.89. The van der Waals surface area contributed by atoms with E-state index in [0.717, 1.165) is 12.8 Å². The molecule has 0 spiro atoms. The van der Waals surface area contributed by atoms with Crippen LogP contribution in [-0.4, -0.2) is 53.8 Å². The van der Waals surface area contributed by atoms with Gasteiger partial charge in [-0.2, -0.15) is 0 Å². The summed E-state index contributed by atoms with van der Waals surface area (Å²) >= 11 is 0. The topological polar surface area (TPSA) is 23.6 Å². The average Bonchev–Trinajstić information content (AvgIpc) is 2.79. The van der Waals surface area contributed by atoms with E-state index in [-0.39, 0.29) is 0 Å². The van der Waals surface area contributed by atoms with Crippen LogP contribution >= 0.6 is 0 Å². The van der Waals surface area contributed by atoms with E-state index in [1.807, 2.05) is 0 Å². The van der Waals surface area contributed by atoms with Crippen LogP contribution in [0.1, 0.15) is 44.9 Å². The van der Waals surface area contributed by atoms with Crippen LogP contribution in [0.5, 0.6) is 0 Å². The van der Waals surface area contributed by atoms with Gasteiger partial charge in [-0.25, -0.2) is 0 Å². The van der Waals surface area contributed by atoms with Crippen molar-refractivity contribution in [3.8, 4) is 0 Å². The molecule has 3 heteroatoms. The molecular weight excluding hydrogens is 212 g/mol. The van der Waals surface area contributed by atoms with E-state index >= 15 is 0 Å². The van der Waals surface area contributed by atoms with E-state index in [1.165, 1.54) is 58.3 Å². The monoisotopic (exact) mass is 236 g/mol. The number of Topliss-reactive ketones (excluding diaryl/α,β-unsaturated/α-hetero) is 1. The maximum atomic E-state index is 11.6. The number of nitrogens with zero attached hydrogens (tertiary/aromatic N) is 2. The molecule has 0 aromatic heterocycles. The van der Waals surface area contributed by atoms with E-state index in [4.69, 9.17) is 0 Å². The molecule has 3 saturated heterocycles. The van der Waals surface area contributed by atoms with E-state index in [0.29, 0.717) is 17.9 Å². The number of fused-ring (bicyclic) bond motifs is 2. The summed E-state index contributed by atoms with van der Waals surface area (Å²) in [4.78, 5) is 16.9. The fraction of sp³-hybridized carbons (Fsp3) is 0.929. The number of hydrogen-bond acceptors (Lipinski definition) is 3. The Morgan fingerprint density at radius 1 is 0.941 bits per heavy atom. The number of carbonyl (C=O) groups is 1. The predicted molar refractivity (Wildman–Crippen MR) is 68.0 cm³/mol. The van der Waals surface area contributed by atoms with Crippen LogP contribution in [0.2, 0.25) is 0 Å². The molecule has 96 valence electrons. The third-order valence-corrected chi connectivity index (χ3v) is 4.81. The predicted octanol–water partition coefficient (Wildman–Crippen LogP) is 1.67. The quantitative estimate of drug-likeness (QED) is 0.744. The van der Waals surface area contributed by atoms with Crippen LogP contribution < -0.4 is 0 Å². The molecule has 2 atom stereocenters. The largest absolute Gasteiger partial charge is 0.302 e. The number of piperidine rings is 2. The molecule has 3 nitrogen and oxygen atoms in total. The third kappa shape index (κ3) is 2.55. The Kier molecular flexibility index (Phi) is 3.48. The first-order chi connectivity index (χ1) is 8.33. The molecule has 0 aromatic carbocycles. The van der Waals surface area contributed by atoms with Crippen molar-refractivity contribution in [3.05, 3.63) is 0 Å². The van der Waals surface area contributed by atoms with Gasteiger partial charge in [0.2, 0.25) is 0 Å². The van der Waals surface area contributed by atoms with Crippen molar-refractivity contribution < 1.29 is 4.79 Å². The Hall–Kier alpha value is -0.410. The standard InChI is InChI=1S/C14H24N2O/c17-14-10-12-4-3-5-13(11-14)16(12)9-8-15-6-1-2-7-15/h12-13H,1-11H2. The highest BCUT2D eigenvalue weighted by Crippen LogP contribution is 2.31. The molecule has 0 aromatic rings. The van der Waals surface area contributed by atoms with Crippen molar-refractivity contribution in [1.82, 2.24) is 9.80 Å². The zero-order valence-corrected chi connectivity index (χ0v) is 10.7. The SMILES string of the molecule is O=C1CC2CCCC(C1)N2CCN1CCCC1. The first-order valence-electron chi connectivity index (χ1n) is 7.33. The molecule has 3 aliphatic heterocycles. The molecule has 17 heavy (non-hydrogen) atoms. The highest BCUT2D eigenvalue weighted by Gasteiger charge is 2.37. The van der Waals surface area contributed by atoms with Gasteiger partial charge < -0.3 is 4.90 Å². The summed E-state index contributed by atoms with van der Waals surface area (Å²) in [6, 6.07) is 1.16. The zero-order chi connectivity index (χ0) is 11.7. The van der Waals surface area contributed by atoms with Gasteiger partial charge >= 0.3 is 0 Å². The van der Waals surface area contributed by atoms with Gasteiger partial charge in [-0.3, -0.25) is 9.69 Å². The lowest BCUT2D eigenvalue weighted by atomic mass is 9.84. The fourth-order valence-corrected chi connectivity index (χ4v) is 3.89. The molecule has 0 saturated carbocycles. The van der Waals surface area contributed by atoms with Crippen LogP contribution in [0.15, 0.2) is 0 Å². The summed E-state index contributed by atoms with van der Waals surface area (Å²) in [5, 5.41) is 0. The number of ketones is 1. The Morgan fingerprint density at radius 3 is 2.24 bits per heavy atom. The van der Waals surface area contributed by atoms with Gasteiger partial charge in [0.25, 0.3) is 0 Å². The lowest BCUT2D eigenvalue weighted by Crippen LogP contribution is -2.54. The smallest absolute Gasteiger partial charge is 0.136 e. The Labute approximate surface area is 104 Å². The minimum absolute atomic E-state index is 0.511. The molecule has 2 unspecified atom stereocenters. The first kappa shape index (κ1) is 11.7. The molecule has 3 fully saturated rings. The van der Waals surface area contributed by atoms with Gasteiger partial charge in [-0.15, -0.1) is 0 Å². The third-order valence-electron chi connectivity index (χ3n) is 4.81. The molecule has 0 N–H and O–H groups in total. The highest BCUT2D eigenvalue weighted by molar-refractivity contribution is 5.80. The summed E-state index contributed by atoms with van der Waals surface area (Å²) in [6.45, 7) is 5.01. The zero-order valence-electron chi connectivity index (χ0n) is 10.7. The highest BCUT2D eigenvalue weighted by atomic mass is 16.1. The van der Waals surface area contributed by atoms with Gasteiger partial charge in [-0.05, 0) is 38.8 Å². The number of rotatable bonds is 3. The number of likely N-dealkylation sites (tertiary alicyclic amines) is 1. The Balaban J connectivity index is 1.56. The van der Waals surface area contributed by atoms with Gasteiger partial charge in [-0.1, -0.05) is 6.42 Å². The molecule has 0 aliphatic carbocycles. The van der Waals surface area contributed by atoms with Crippen molar-refractivity contribution in [1.29, 1.82) is 0 Å². The van der Waals surface area contributed by atoms with Crippen molar-refractivity contribution in [2.45, 2.75) is 57.0 Å². The average molecular weight is 236 g/mol. The van der Waals surface area contributed by atoms with Crippen LogP contribution in [0.3, 0.4) is 0 Å². The summed E-state index contributed by atoms with van der Waals surface area (Å²) in [6.07, 6.45) is 8.26. The number of carbonyl (C=O) groups excluding carboxylic acids is 1. The van der Waals surface area contributed by atoms with E-state index in [1.54, 1.807) is 0 Å². The maximum absolute atomic E-state index is 11.6. The molecule has 3 aliphatic rings. The lowest BCUT2D eigenvalue weighted by molar-refractivity contribution is -0.127. The van der Waals surface area contributed by atoms with Gasteiger partial charge in [0.15, 0.2) is 0 Å². The summed E-state index contributed by atoms with van der Waals surface area (Å²) < 4.78 is 0. The van der Waals surface area contributed by atoms with Gasteiger partial charge in [0, 0.05) is 38.0 Å². The second kappa shape index (κ2) is 5.07. The van der Waals surface area contributed by atoms with Gasteiger partial charge in [0.05, 0.1) is 0 Å². The van der Waals surface area contributed by atoms with Crippen molar-refractivity contribution >= 4 is 5.78 Å². The van der Waals surface area contributed by atoms with Gasteiger partial charge in [0.1, 0.15) is 5.78 Å². The summed E-state index contributed by atoms with van der Waals surface area (Å²) in [5.41, 5.74) is 0. The molecule has 2 bridgehead atoms. The summed E-state index contributed by atoms with van der Waals surface area (Å²) in [5.74, 6) is 0.511. The maximum Gasteiger partial charge on any atom is 0.136 e. The van der Waals surface area contributed by atoms with E-state index in [9.17, 15) is 4.79 Å². The minimum atomic E-state index is 0.511. The van der Waals surface area contributed by atoms with E-state index < -0.39 is 0 Å². The lowest BCUT2D eigenvalue weighted by Gasteiger charge is -2.46. The van der Waals surface area contributed by atoms with Crippen LogP contribution in [0.4, 0.5) is 0 Å². The summed E-state index contributed by atoms with van der Waals surface area (Å²) in [7, 11) is 0. The van der Waals surface area contributed by atoms with Crippen molar-refractivity contribution in [2.24, 2.45) is 0 Å². The van der Waals surface area contributed by atoms with Crippen molar-refractivity contribution in [3.63, 3.8) is 0 Å². The van der Waals surface area contributed by atoms with E-state index in [2.05, 4.69) is 9.80 Å². The number of hydrogen-bond donors (Lipinski definition) is 0. The van der Waals surface area contributed by atoms with Crippen molar-refractivity contribution in [2.75, 3.05) is 26.2 Å². The Morgan fingerprint density at radius 2 is 1.59 bits per heavy atom.